The van der Waals surface area contributed by atoms with Gasteiger partial charge in [-0.1, -0.05) is 65.3 Å². The zero-order valence-electron chi connectivity index (χ0n) is 15.1. The van der Waals surface area contributed by atoms with E-state index in [4.69, 9.17) is 4.52 Å². The van der Waals surface area contributed by atoms with Gasteiger partial charge in [-0.25, -0.2) is 8.42 Å². The first kappa shape index (κ1) is 17.9. The van der Waals surface area contributed by atoms with Crippen LogP contribution in [0.2, 0.25) is 0 Å². The fourth-order valence-electron chi connectivity index (χ4n) is 3.21. The van der Waals surface area contributed by atoms with E-state index in [0.29, 0.717) is 31.2 Å². The number of rotatable bonds is 6. The molecule has 1 aromatic heterocycles. The highest BCUT2D eigenvalue weighted by Crippen LogP contribution is 2.29. The van der Waals surface area contributed by atoms with E-state index in [2.05, 4.69) is 10.1 Å². The van der Waals surface area contributed by atoms with Crippen LogP contribution in [-0.4, -0.2) is 36.0 Å². The number of aromatic nitrogens is 2. The zero-order chi connectivity index (χ0) is 18.9. The van der Waals surface area contributed by atoms with Gasteiger partial charge in [0.2, 0.25) is 15.9 Å². The summed E-state index contributed by atoms with van der Waals surface area (Å²) in [5, 5.41) is 4.02. The molecule has 1 saturated heterocycles. The molecule has 2 aromatic carbocycles. The lowest BCUT2D eigenvalue weighted by Crippen LogP contribution is -2.48. The van der Waals surface area contributed by atoms with Crippen LogP contribution in [0.5, 0.6) is 0 Å². The van der Waals surface area contributed by atoms with Gasteiger partial charge in [-0.2, -0.15) is 9.29 Å². The molecular weight excluding hydrogens is 362 g/mol. The Hall–Kier alpha value is -2.51. The van der Waals surface area contributed by atoms with Crippen LogP contribution in [0.3, 0.4) is 0 Å². The number of aryl methyl sites for hydroxylation is 1. The SMILES string of the molecule is Cc1cccc(CS(=O)(=O)N2CC(c3nc(Cc4ccccc4)no3)C2)c1. The lowest BCUT2D eigenvalue weighted by atomic mass is 10.0. The maximum atomic E-state index is 12.6. The van der Waals surface area contributed by atoms with Crippen molar-refractivity contribution in [1.29, 1.82) is 0 Å². The van der Waals surface area contributed by atoms with E-state index in [0.717, 1.165) is 16.7 Å². The average Bonchev–Trinajstić information content (AvgIpc) is 3.01. The molecule has 6 nitrogen and oxygen atoms in total. The van der Waals surface area contributed by atoms with Gasteiger partial charge in [-0.15, -0.1) is 0 Å². The molecule has 0 saturated carbocycles. The van der Waals surface area contributed by atoms with Gasteiger partial charge >= 0.3 is 0 Å². The third kappa shape index (κ3) is 4.09. The smallest absolute Gasteiger partial charge is 0.232 e. The van der Waals surface area contributed by atoms with Crippen molar-refractivity contribution in [1.82, 2.24) is 14.4 Å². The van der Waals surface area contributed by atoms with Crippen molar-refractivity contribution in [3.63, 3.8) is 0 Å². The third-order valence-corrected chi connectivity index (χ3v) is 6.49. The largest absolute Gasteiger partial charge is 0.339 e. The summed E-state index contributed by atoms with van der Waals surface area (Å²) in [6.45, 7) is 2.74. The monoisotopic (exact) mass is 383 g/mol. The van der Waals surface area contributed by atoms with Crippen LogP contribution in [0.4, 0.5) is 0 Å². The molecule has 0 N–H and O–H groups in total. The average molecular weight is 383 g/mol. The van der Waals surface area contributed by atoms with Crippen molar-refractivity contribution in [2.75, 3.05) is 13.1 Å². The van der Waals surface area contributed by atoms with Gasteiger partial charge in [0.25, 0.3) is 0 Å². The van der Waals surface area contributed by atoms with Crippen LogP contribution >= 0.6 is 0 Å². The first-order valence-electron chi connectivity index (χ1n) is 8.89. The Labute approximate surface area is 158 Å². The van der Waals surface area contributed by atoms with Crippen LogP contribution in [0.1, 0.15) is 34.3 Å². The number of hydrogen-bond donors (Lipinski definition) is 0. The van der Waals surface area contributed by atoms with Crippen molar-refractivity contribution >= 4 is 10.0 Å². The second-order valence-electron chi connectivity index (χ2n) is 6.97. The van der Waals surface area contributed by atoms with Crippen molar-refractivity contribution in [2.45, 2.75) is 25.0 Å². The minimum absolute atomic E-state index is 0.0183. The van der Waals surface area contributed by atoms with Gasteiger partial charge in [0.15, 0.2) is 5.82 Å². The summed E-state index contributed by atoms with van der Waals surface area (Å²) >= 11 is 0. The molecule has 1 aliphatic heterocycles. The molecule has 2 heterocycles. The lowest BCUT2D eigenvalue weighted by molar-refractivity contribution is 0.216. The quantitative estimate of drug-likeness (QED) is 0.654. The summed E-state index contributed by atoms with van der Waals surface area (Å²) in [4.78, 5) is 4.44. The summed E-state index contributed by atoms with van der Waals surface area (Å²) in [5.41, 5.74) is 2.98. The Morgan fingerprint density at radius 2 is 1.81 bits per heavy atom. The van der Waals surface area contributed by atoms with E-state index < -0.39 is 10.0 Å². The van der Waals surface area contributed by atoms with Crippen molar-refractivity contribution < 1.29 is 12.9 Å². The molecule has 3 aromatic rings. The number of hydrogen-bond acceptors (Lipinski definition) is 5. The van der Waals surface area contributed by atoms with Gasteiger partial charge in [0.1, 0.15) is 0 Å². The summed E-state index contributed by atoms with van der Waals surface area (Å²) in [6.07, 6.45) is 0.604. The molecule has 1 fully saturated rings. The summed E-state index contributed by atoms with van der Waals surface area (Å²) in [7, 11) is -3.33. The van der Waals surface area contributed by atoms with Gasteiger partial charge in [-0.05, 0) is 18.1 Å². The predicted molar refractivity (Wildman–Crippen MR) is 102 cm³/mol. The van der Waals surface area contributed by atoms with Crippen LogP contribution < -0.4 is 0 Å². The standard InChI is InChI=1S/C20H21N3O3S/c1-15-6-5-9-17(10-15)14-27(24,25)23-12-18(13-23)20-21-19(22-26-20)11-16-7-3-2-4-8-16/h2-10,18H,11-14H2,1H3. The maximum absolute atomic E-state index is 12.6. The molecule has 0 radical (unpaired) electrons. The van der Waals surface area contributed by atoms with Crippen molar-refractivity contribution in [2.24, 2.45) is 0 Å². The van der Waals surface area contributed by atoms with E-state index >= 15 is 0 Å². The molecule has 0 unspecified atom stereocenters. The van der Waals surface area contributed by atoms with Gasteiger partial charge in [0.05, 0.1) is 11.7 Å². The van der Waals surface area contributed by atoms with Crippen LogP contribution in [0, 0.1) is 6.92 Å². The Bertz CT molecular complexity index is 1030. The highest BCUT2D eigenvalue weighted by molar-refractivity contribution is 7.88. The summed E-state index contributed by atoms with van der Waals surface area (Å²) in [6, 6.07) is 17.5. The fourth-order valence-corrected chi connectivity index (χ4v) is 4.81. The molecule has 0 amide bonds. The Kier molecular flexibility index (Phi) is 4.80. The number of nitrogens with zero attached hydrogens (tertiary/aromatic N) is 3. The van der Waals surface area contributed by atoms with E-state index in [1.807, 2.05) is 61.5 Å². The molecule has 140 valence electrons. The molecule has 0 spiro atoms. The maximum Gasteiger partial charge on any atom is 0.232 e. The van der Waals surface area contributed by atoms with Gasteiger partial charge in [-0.3, -0.25) is 0 Å². The minimum atomic E-state index is -3.33. The summed E-state index contributed by atoms with van der Waals surface area (Å²) < 4.78 is 32.0. The van der Waals surface area contributed by atoms with E-state index in [-0.39, 0.29) is 11.7 Å². The summed E-state index contributed by atoms with van der Waals surface area (Å²) in [5.74, 6) is 1.12. The second-order valence-corrected chi connectivity index (χ2v) is 8.94. The predicted octanol–water partition coefficient (Wildman–Crippen LogP) is 2.90. The Balaban J connectivity index is 1.36. The van der Waals surface area contributed by atoms with Gasteiger partial charge in [0, 0.05) is 19.5 Å². The molecule has 27 heavy (non-hydrogen) atoms. The van der Waals surface area contributed by atoms with Gasteiger partial charge < -0.3 is 4.52 Å². The van der Waals surface area contributed by atoms with E-state index in [9.17, 15) is 8.42 Å². The first-order valence-corrected chi connectivity index (χ1v) is 10.5. The topological polar surface area (TPSA) is 76.3 Å². The molecule has 4 rings (SSSR count). The second kappa shape index (κ2) is 7.25. The normalized spacial score (nSPS) is 15.6. The highest BCUT2D eigenvalue weighted by Gasteiger charge is 2.39. The zero-order valence-corrected chi connectivity index (χ0v) is 15.9. The number of benzene rings is 2. The number of sulfonamides is 1. The minimum Gasteiger partial charge on any atom is -0.339 e. The van der Waals surface area contributed by atoms with Crippen LogP contribution in [0.25, 0.3) is 0 Å². The molecule has 0 atom stereocenters. The van der Waals surface area contributed by atoms with Crippen molar-refractivity contribution in [3.8, 4) is 0 Å². The fraction of sp³-hybridized carbons (Fsp3) is 0.300. The van der Waals surface area contributed by atoms with Crippen molar-refractivity contribution in [3.05, 3.63) is 83.0 Å². The van der Waals surface area contributed by atoms with E-state index in [1.165, 1.54) is 4.31 Å². The molecule has 0 bridgehead atoms. The van der Waals surface area contributed by atoms with Crippen LogP contribution in [0.15, 0.2) is 59.1 Å². The Morgan fingerprint density at radius 1 is 1.07 bits per heavy atom. The molecule has 1 aliphatic rings. The first-order chi connectivity index (χ1) is 13.0. The molecule has 0 aliphatic carbocycles. The highest BCUT2D eigenvalue weighted by atomic mass is 32.2. The lowest BCUT2D eigenvalue weighted by Gasteiger charge is -2.35. The molecular formula is C20H21N3O3S. The Morgan fingerprint density at radius 3 is 2.56 bits per heavy atom. The van der Waals surface area contributed by atoms with E-state index in [1.54, 1.807) is 0 Å². The third-order valence-electron chi connectivity index (χ3n) is 4.71. The van der Waals surface area contributed by atoms with Crippen LogP contribution in [-0.2, 0) is 22.2 Å². The molecule has 7 heteroatoms.